The van der Waals surface area contributed by atoms with Crippen LogP contribution >= 0.6 is 0 Å². The van der Waals surface area contributed by atoms with Crippen molar-refractivity contribution >= 4 is 12.0 Å². The van der Waals surface area contributed by atoms with Crippen LogP contribution in [0.2, 0.25) is 0 Å². The van der Waals surface area contributed by atoms with Crippen molar-refractivity contribution in [1.29, 1.82) is 0 Å². The molecule has 6 heteroatoms. The third kappa shape index (κ3) is 4.88. The molecule has 120 valence electrons. The van der Waals surface area contributed by atoms with E-state index in [9.17, 15) is 9.59 Å². The number of amides is 2. The van der Waals surface area contributed by atoms with Crippen LogP contribution in [0, 0.1) is 5.92 Å². The Morgan fingerprint density at radius 3 is 2.62 bits per heavy atom. The maximum absolute atomic E-state index is 12.1. The van der Waals surface area contributed by atoms with Crippen molar-refractivity contribution < 1.29 is 19.1 Å². The van der Waals surface area contributed by atoms with Gasteiger partial charge in [-0.25, -0.2) is 4.79 Å². The van der Waals surface area contributed by atoms with Gasteiger partial charge in [0.25, 0.3) is 0 Å². The molecule has 0 aliphatic carbocycles. The van der Waals surface area contributed by atoms with Gasteiger partial charge in [0.05, 0.1) is 12.6 Å². The molecule has 0 aromatic heterocycles. The number of hydrogen-bond donors (Lipinski definition) is 0. The number of rotatable bonds is 6. The highest BCUT2D eigenvalue weighted by atomic mass is 16.6. The van der Waals surface area contributed by atoms with Crippen molar-refractivity contribution in [2.24, 2.45) is 5.92 Å². The summed E-state index contributed by atoms with van der Waals surface area (Å²) < 4.78 is 10.7. The van der Waals surface area contributed by atoms with E-state index in [1.807, 2.05) is 4.90 Å². The van der Waals surface area contributed by atoms with Gasteiger partial charge in [0.15, 0.2) is 0 Å². The zero-order valence-corrected chi connectivity index (χ0v) is 13.0. The van der Waals surface area contributed by atoms with Gasteiger partial charge in [-0.05, 0) is 18.8 Å². The van der Waals surface area contributed by atoms with E-state index < -0.39 is 0 Å². The normalized spacial score (nSPS) is 20.2. The highest BCUT2D eigenvalue weighted by molar-refractivity contribution is 5.77. The highest BCUT2D eigenvalue weighted by Gasteiger charge is 2.26. The number of hydrogen-bond acceptors (Lipinski definition) is 4. The summed E-state index contributed by atoms with van der Waals surface area (Å²) in [5.74, 6) is 0.668. The van der Waals surface area contributed by atoms with E-state index in [-0.39, 0.29) is 18.1 Å². The third-order valence-corrected chi connectivity index (χ3v) is 3.90. The Kier molecular flexibility index (Phi) is 5.85. The summed E-state index contributed by atoms with van der Waals surface area (Å²) in [7, 11) is 0. The van der Waals surface area contributed by atoms with Gasteiger partial charge >= 0.3 is 6.09 Å². The van der Waals surface area contributed by atoms with E-state index in [2.05, 4.69) is 13.8 Å². The minimum absolute atomic E-state index is 0.122. The van der Waals surface area contributed by atoms with Crippen LogP contribution in [0.25, 0.3) is 0 Å². The molecule has 0 aromatic carbocycles. The fourth-order valence-corrected chi connectivity index (χ4v) is 2.62. The van der Waals surface area contributed by atoms with Gasteiger partial charge in [-0.15, -0.1) is 0 Å². The third-order valence-electron chi connectivity index (χ3n) is 3.90. The topological polar surface area (TPSA) is 59.1 Å². The minimum atomic E-state index is -0.302. The monoisotopic (exact) mass is 298 g/mol. The number of cyclic esters (lactones) is 1. The van der Waals surface area contributed by atoms with Crippen LogP contribution in [-0.2, 0) is 14.3 Å². The molecule has 2 saturated heterocycles. The second kappa shape index (κ2) is 7.64. The second-order valence-electron chi connectivity index (χ2n) is 6.16. The Balaban J connectivity index is 1.64. The van der Waals surface area contributed by atoms with Gasteiger partial charge in [-0.2, -0.15) is 0 Å². The van der Waals surface area contributed by atoms with Gasteiger partial charge in [-0.3, -0.25) is 4.79 Å². The lowest BCUT2D eigenvalue weighted by Crippen LogP contribution is -2.42. The van der Waals surface area contributed by atoms with E-state index in [0.29, 0.717) is 32.0 Å². The van der Waals surface area contributed by atoms with Crippen molar-refractivity contribution in [2.45, 2.75) is 39.2 Å². The Labute approximate surface area is 126 Å². The molecule has 2 rings (SSSR count). The first-order valence-electron chi connectivity index (χ1n) is 7.87. The first-order chi connectivity index (χ1) is 10.1. The molecule has 0 unspecified atom stereocenters. The standard InChI is InChI=1S/C15H26N2O4/c1-12(2)11-21-13-3-6-16(7-4-13)14(18)5-8-17-9-10-20-15(17)19/h12-13H,3-11H2,1-2H3. The van der Waals surface area contributed by atoms with Gasteiger partial charge in [0.2, 0.25) is 5.91 Å². The highest BCUT2D eigenvalue weighted by Crippen LogP contribution is 2.16. The first kappa shape index (κ1) is 16.1. The molecule has 2 aliphatic rings. The smallest absolute Gasteiger partial charge is 0.409 e. The molecule has 0 aromatic rings. The number of likely N-dealkylation sites (tertiary alicyclic amines) is 1. The lowest BCUT2D eigenvalue weighted by molar-refractivity contribution is -0.134. The summed E-state index contributed by atoms with van der Waals surface area (Å²) >= 11 is 0. The molecule has 21 heavy (non-hydrogen) atoms. The molecule has 0 spiro atoms. The predicted octanol–water partition coefficient (Wildman–Crippen LogP) is 1.49. The van der Waals surface area contributed by atoms with Gasteiger partial charge in [0, 0.05) is 32.7 Å². The molecular formula is C15H26N2O4. The second-order valence-corrected chi connectivity index (χ2v) is 6.16. The summed E-state index contributed by atoms with van der Waals surface area (Å²) in [6.07, 6.45) is 2.18. The van der Waals surface area contributed by atoms with E-state index in [4.69, 9.17) is 9.47 Å². The lowest BCUT2D eigenvalue weighted by atomic mass is 10.1. The minimum Gasteiger partial charge on any atom is -0.448 e. The molecule has 0 atom stereocenters. The molecule has 6 nitrogen and oxygen atoms in total. The SMILES string of the molecule is CC(C)COC1CCN(C(=O)CCN2CCOC2=O)CC1. The van der Waals surface area contributed by atoms with Crippen molar-refractivity contribution in [3.8, 4) is 0 Å². The Hall–Kier alpha value is -1.30. The van der Waals surface area contributed by atoms with Crippen LogP contribution in [0.3, 0.4) is 0 Å². The molecule has 2 heterocycles. The molecule has 0 N–H and O–H groups in total. The molecule has 2 aliphatic heterocycles. The average Bonchev–Trinajstić information content (AvgIpc) is 2.88. The first-order valence-corrected chi connectivity index (χ1v) is 7.87. The number of nitrogens with zero attached hydrogens (tertiary/aromatic N) is 2. The van der Waals surface area contributed by atoms with Crippen LogP contribution in [0.1, 0.15) is 33.1 Å². The summed E-state index contributed by atoms with van der Waals surface area (Å²) in [6.45, 7) is 8.07. The van der Waals surface area contributed by atoms with Gasteiger partial charge < -0.3 is 19.3 Å². The van der Waals surface area contributed by atoms with E-state index >= 15 is 0 Å². The van der Waals surface area contributed by atoms with Crippen molar-refractivity contribution in [3.05, 3.63) is 0 Å². The number of piperidine rings is 1. The molecular weight excluding hydrogens is 272 g/mol. The maximum atomic E-state index is 12.1. The Morgan fingerprint density at radius 1 is 1.33 bits per heavy atom. The number of carbonyl (C=O) groups is 2. The van der Waals surface area contributed by atoms with Gasteiger partial charge in [0.1, 0.15) is 6.61 Å². The molecule has 0 saturated carbocycles. The Bertz CT molecular complexity index is 365. The fourth-order valence-electron chi connectivity index (χ4n) is 2.62. The maximum Gasteiger partial charge on any atom is 0.409 e. The van der Waals surface area contributed by atoms with Crippen molar-refractivity contribution in [1.82, 2.24) is 9.80 Å². The molecule has 0 bridgehead atoms. The number of carbonyl (C=O) groups excluding carboxylic acids is 2. The summed E-state index contributed by atoms with van der Waals surface area (Å²) in [6, 6.07) is 0. The molecule has 2 fully saturated rings. The van der Waals surface area contributed by atoms with Crippen LogP contribution in [0.5, 0.6) is 0 Å². The van der Waals surface area contributed by atoms with Crippen molar-refractivity contribution in [3.63, 3.8) is 0 Å². The summed E-state index contributed by atoms with van der Waals surface area (Å²) in [5.41, 5.74) is 0. The van der Waals surface area contributed by atoms with Crippen LogP contribution in [0.15, 0.2) is 0 Å². The summed E-state index contributed by atoms with van der Waals surface area (Å²) in [4.78, 5) is 26.9. The van der Waals surface area contributed by atoms with Crippen molar-refractivity contribution in [2.75, 3.05) is 39.4 Å². The zero-order valence-electron chi connectivity index (χ0n) is 13.0. The van der Waals surface area contributed by atoms with E-state index in [1.165, 1.54) is 0 Å². The van der Waals surface area contributed by atoms with E-state index in [0.717, 1.165) is 32.5 Å². The number of ether oxygens (including phenoxy) is 2. The Morgan fingerprint density at radius 2 is 2.05 bits per heavy atom. The predicted molar refractivity (Wildman–Crippen MR) is 77.9 cm³/mol. The molecule has 0 radical (unpaired) electrons. The van der Waals surface area contributed by atoms with Crippen LogP contribution in [0.4, 0.5) is 4.79 Å². The fraction of sp³-hybridized carbons (Fsp3) is 0.867. The zero-order chi connectivity index (χ0) is 15.2. The van der Waals surface area contributed by atoms with Gasteiger partial charge in [-0.1, -0.05) is 13.8 Å². The average molecular weight is 298 g/mol. The van der Waals surface area contributed by atoms with E-state index in [1.54, 1.807) is 4.90 Å². The summed E-state index contributed by atoms with van der Waals surface area (Å²) in [5, 5.41) is 0. The van der Waals surface area contributed by atoms with Crippen LogP contribution < -0.4 is 0 Å². The quantitative estimate of drug-likeness (QED) is 0.745. The lowest BCUT2D eigenvalue weighted by Gasteiger charge is -2.32. The van der Waals surface area contributed by atoms with Crippen LogP contribution in [-0.4, -0.2) is 67.3 Å². The largest absolute Gasteiger partial charge is 0.448 e. The molecule has 2 amide bonds.